The van der Waals surface area contributed by atoms with Gasteiger partial charge in [-0.25, -0.2) is 4.98 Å². The Morgan fingerprint density at radius 1 is 0.515 bits per heavy atom. The van der Waals surface area contributed by atoms with Crippen molar-refractivity contribution >= 4 is 32.8 Å². The van der Waals surface area contributed by atoms with Gasteiger partial charge in [0.25, 0.3) is 6.33 Å². The molecule has 5 nitrogen and oxygen atoms in total. The van der Waals surface area contributed by atoms with E-state index in [0.717, 1.165) is 72.3 Å². The summed E-state index contributed by atoms with van der Waals surface area (Å²) in [6.07, 6.45) is 5.71. The number of benzene rings is 7. The molecule has 0 saturated carbocycles. The summed E-state index contributed by atoms with van der Waals surface area (Å²) < 4.78 is 13.2. The first-order valence-corrected chi connectivity index (χ1v) is 22.5. The zero-order chi connectivity index (χ0) is 45.3. The second-order valence-corrected chi connectivity index (χ2v) is 20.2. The second kappa shape index (κ2) is 17.0. The third-order valence-electron chi connectivity index (χ3n) is 12.6. The van der Waals surface area contributed by atoms with Crippen molar-refractivity contribution in [1.29, 1.82) is 0 Å². The van der Waals surface area contributed by atoms with Gasteiger partial charge in [-0.05, 0) is 84.5 Å². The van der Waals surface area contributed by atoms with Crippen molar-refractivity contribution in [2.75, 3.05) is 0 Å². The summed E-state index contributed by atoms with van der Waals surface area (Å²) in [5.41, 5.74) is 14.3. The molecule has 0 aliphatic heterocycles. The number of rotatable bonds is 7. The van der Waals surface area contributed by atoms with E-state index in [1.165, 1.54) is 16.7 Å². The zero-order valence-electron chi connectivity index (χ0n) is 39.1. The average Bonchev–Trinajstić information content (AvgIpc) is 3.84. The van der Waals surface area contributed by atoms with E-state index in [1.807, 2.05) is 24.4 Å². The first kappa shape index (κ1) is 44.6. The molecular formula is C60H54N4OPt-2. The van der Waals surface area contributed by atoms with Gasteiger partial charge in [0.1, 0.15) is 5.82 Å². The third kappa shape index (κ3) is 8.31. The molecular weight excluding hydrogens is 988 g/mol. The molecule has 0 aliphatic carbocycles. The molecule has 0 saturated heterocycles. The van der Waals surface area contributed by atoms with Crippen LogP contribution in [0.2, 0.25) is 0 Å². The summed E-state index contributed by atoms with van der Waals surface area (Å²) in [6.45, 7) is 20.2. The number of fused-ring (bicyclic) bond motifs is 4. The molecule has 0 spiro atoms. The van der Waals surface area contributed by atoms with Gasteiger partial charge in [-0.15, -0.1) is 29.7 Å². The minimum Gasteiger partial charge on any atom is -0.510 e. The van der Waals surface area contributed by atoms with Crippen molar-refractivity contribution in [2.24, 2.45) is 0 Å². The summed E-state index contributed by atoms with van der Waals surface area (Å²) in [7, 11) is 0. The first-order chi connectivity index (χ1) is 31.1. The molecule has 0 atom stereocenters. The Bertz CT molecular complexity index is 3320. The number of para-hydroxylation sites is 4. The predicted molar refractivity (Wildman–Crippen MR) is 267 cm³/mol. The van der Waals surface area contributed by atoms with Crippen molar-refractivity contribution in [3.8, 4) is 50.9 Å². The average molecular weight is 1040 g/mol. The van der Waals surface area contributed by atoms with E-state index in [4.69, 9.17) is 9.72 Å². The van der Waals surface area contributed by atoms with Gasteiger partial charge in [0, 0.05) is 44.3 Å². The Hall–Kier alpha value is -6.55. The smallest absolute Gasteiger partial charge is 0.268 e. The van der Waals surface area contributed by atoms with Gasteiger partial charge in [-0.2, -0.15) is 18.2 Å². The molecule has 3 heterocycles. The van der Waals surface area contributed by atoms with E-state index in [2.05, 4.69) is 234 Å². The van der Waals surface area contributed by atoms with E-state index in [9.17, 15) is 0 Å². The van der Waals surface area contributed by atoms with Crippen LogP contribution in [-0.2, 0) is 37.3 Å². The number of hydrogen-bond donors (Lipinski definition) is 0. The van der Waals surface area contributed by atoms with Crippen molar-refractivity contribution < 1.29 is 30.4 Å². The fourth-order valence-corrected chi connectivity index (χ4v) is 8.88. The monoisotopic (exact) mass is 1040 g/mol. The molecule has 10 aromatic rings. The number of imidazole rings is 1. The van der Waals surface area contributed by atoms with Gasteiger partial charge in [-0.1, -0.05) is 177 Å². The molecule has 10 rings (SSSR count). The van der Waals surface area contributed by atoms with E-state index >= 15 is 0 Å². The fourth-order valence-electron chi connectivity index (χ4n) is 8.88. The fraction of sp³-hybridized carbons (Fsp3) is 0.200. The summed E-state index contributed by atoms with van der Waals surface area (Å²) in [6, 6.07) is 63.3. The second-order valence-electron chi connectivity index (χ2n) is 20.2. The van der Waals surface area contributed by atoms with Gasteiger partial charge in [0.15, 0.2) is 0 Å². The molecule has 332 valence electrons. The summed E-state index contributed by atoms with van der Waals surface area (Å²) in [4.78, 5) is 4.86. The number of pyridine rings is 1. The van der Waals surface area contributed by atoms with Gasteiger partial charge in [-0.3, -0.25) is 4.57 Å². The van der Waals surface area contributed by atoms with Crippen LogP contribution in [0.15, 0.2) is 164 Å². The number of aromatic nitrogens is 4. The van der Waals surface area contributed by atoms with Crippen LogP contribution < -0.4 is 9.30 Å². The third-order valence-corrected chi connectivity index (χ3v) is 12.6. The molecule has 6 heteroatoms. The summed E-state index contributed by atoms with van der Waals surface area (Å²) in [5.74, 6) is 2.01. The maximum Gasteiger partial charge on any atom is 0.268 e. The van der Waals surface area contributed by atoms with Crippen molar-refractivity contribution in [2.45, 2.75) is 78.6 Å². The number of ether oxygens (including phenoxy) is 1. The van der Waals surface area contributed by atoms with E-state index in [-0.39, 0.29) is 37.3 Å². The predicted octanol–water partition coefficient (Wildman–Crippen LogP) is 14.8. The molecule has 0 unspecified atom stereocenters. The molecule has 0 N–H and O–H groups in total. The van der Waals surface area contributed by atoms with Crippen molar-refractivity contribution in [3.05, 3.63) is 199 Å². The Morgan fingerprint density at radius 2 is 1.09 bits per heavy atom. The number of nitrogens with zero attached hydrogens (tertiary/aromatic N) is 4. The minimum atomic E-state index is -0.0283. The van der Waals surface area contributed by atoms with Crippen LogP contribution in [0.4, 0.5) is 0 Å². The largest absolute Gasteiger partial charge is 0.510 e. The molecule has 7 aromatic carbocycles. The molecule has 0 aliphatic rings. The molecule has 0 fully saturated rings. The topological polar surface area (TPSA) is 35.9 Å². The van der Waals surface area contributed by atoms with Crippen LogP contribution in [-0.4, -0.2) is 14.1 Å². The van der Waals surface area contributed by atoms with Gasteiger partial charge < -0.3 is 13.9 Å². The van der Waals surface area contributed by atoms with Crippen LogP contribution in [0, 0.1) is 18.5 Å². The van der Waals surface area contributed by atoms with Crippen LogP contribution >= 0.6 is 0 Å². The first-order valence-electron chi connectivity index (χ1n) is 22.5. The Labute approximate surface area is 403 Å². The van der Waals surface area contributed by atoms with Crippen LogP contribution in [0.25, 0.3) is 72.3 Å². The minimum absolute atomic E-state index is 0. The van der Waals surface area contributed by atoms with Crippen LogP contribution in [0.5, 0.6) is 11.5 Å². The van der Waals surface area contributed by atoms with Crippen LogP contribution in [0.3, 0.4) is 0 Å². The Kier molecular flexibility index (Phi) is 11.5. The molecule has 0 amide bonds. The molecule has 0 radical (unpaired) electrons. The molecule has 0 bridgehead atoms. The van der Waals surface area contributed by atoms with Gasteiger partial charge in [0.05, 0.1) is 16.7 Å². The van der Waals surface area contributed by atoms with Crippen molar-refractivity contribution in [1.82, 2.24) is 14.1 Å². The quantitative estimate of drug-likeness (QED) is 0.118. The Morgan fingerprint density at radius 3 is 1.73 bits per heavy atom. The van der Waals surface area contributed by atoms with Gasteiger partial charge >= 0.3 is 0 Å². The SMILES string of the molecule is CC(C)(C)c1ccc(-c2cccc(-c3ccc(C(C)(C)C)cc3)c2-[n+]2[c-]n(-c3[c-]c(Oc4[c-]c5c(cc4)c4ccccc4n5-c4cc(C(C)(C)C)ccn4)ccc3)c3ccccc32)cc1.[Pt]. The molecule has 66 heavy (non-hydrogen) atoms. The summed E-state index contributed by atoms with van der Waals surface area (Å²) >= 11 is 0. The standard InChI is InChI=1S/C60H54N4O.Pt/c1-58(2,3)42-28-24-40(25-29-42)48-19-15-20-49(41-26-30-43(31-27-41)59(4,5)6)57(48)63-39-62(53-22-12-13-23-54(53)63)45-16-14-17-46(37-45)65-47-32-33-51-50-18-10-11-21-52(50)64(55(51)38-47)56-36-44(34-35-61-56)60(7,8)9;/h10-36H,1-9H3;/q-2;. The number of hydrogen-bond acceptors (Lipinski definition) is 2. The Balaban J connectivity index is 0.00000548. The van der Waals surface area contributed by atoms with Crippen LogP contribution in [0.1, 0.15) is 79.0 Å². The normalized spacial score (nSPS) is 12.2. The van der Waals surface area contributed by atoms with E-state index in [0.29, 0.717) is 11.5 Å². The van der Waals surface area contributed by atoms with E-state index in [1.54, 1.807) is 0 Å². The zero-order valence-corrected chi connectivity index (χ0v) is 41.4. The van der Waals surface area contributed by atoms with E-state index < -0.39 is 0 Å². The maximum atomic E-state index is 6.66. The van der Waals surface area contributed by atoms with Gasteiger partial charge in [0.2, 0.25) is 0 Å². The van der Waals surface area contributed by atoms with Crippen molar-refractivity contribution in [3.63, 3.8) is 0 Å². The summed E-state index contributed by atoms with van der Waals surface area (Å²) in [5, 5.41) is 2.22. The molecule has 3 aromatic heterocycles. The maximum absolute atomic E-state index is 6.66.